The van der Waals surface area contributed by atoms with Crippen LogP contribution in [0.15, 0.2) is 49.1 Å². The molecule has 0 atom stereocenters. The Morgan fingerprint density at radius 1 is 0.727 bits per heavy atom. The number of hydrogen-bond acceptors (Lipinski definition) is 6. The van der Waals surface area contributed by atoms with Crippen LogP contribution in [0.4, 0.5) is 0 Å². The van der Waals surface area contributed by atoms with E-state index in [2.05, 4.69) is 19.9 Å². The minimum Gasteiger partial charge on any atom is -0.264 e. The average Bonchev–Trinajstić information content (AvgIpc) is 2.62. The van der Waals surface area contributed by atoms with Crippen molar-refractivity contribution in [3.05, 3.63) is 60.4 Å². The van der Waals surface area contributed by atoms with Crippen LogP contribution in [0.1, 0.15) is 11.4 Å². The Morgan fingerprint density at radius 3 is 1.50 bits per heavy atom. The van der Waals surface area contributed by atoms with Crippen molar-refractivity contribution in [3.63, 3.8) is 0 Å². The molecule has 0 aliphatic heterocycles. The molecule has 0 radical (unpaired) electrons. The number of nitrogens with zero attached hydrogens (tertiary/aromatic N) is 6. The Balaban J connectivity index is 2.32. The van der Waals surface area contributed by atoms with Crippen LogP contribution in [-0.2, 0) is 0 Å². The van der Waals surface area contributed by atoms with Crippen molar-refractivity contribution in [2.24, 2.45) is 0 Å². The number of aromatic nitrogens is 4. The van der Waals surface area contributed by atoms with Crippen molar-refractivity contribution in [1.29, 1.82) is 10.5 Å². The third kappa shape index (κ3) is 2.37. The number of nitriles is 2. The number of pyridine rings is 2. The van der Waals surface area contributed by atoms with E-state index in [1.165, 1.54) is 0 Å². The summed E-state index contributed by atoms with van der Waals surface area (Å²) in [5.74, 6) is 0. The van der Waals surface area contributed by atoms with Gasteiger partial charge in [-0.15, -0.1) is 0 Å². The van der Waals surface area contributed by atoms with E-state index >= 15 is 0 Å². The van der Waals surface area contributed by atoms with Crippen LogP contribution in [0.5, 0.6) is 0 Å². The van der Waals surface area contributed by atoms with Crippen LogP contribution in [0, 0.1) is 22.7 Å². The normalized spacial score (nSPS) is 9.73. The van der Waals surface area contributed by atoms with E-state index in [-0.39, 0.29) is 11.4 Å². The molecule has 6 nitrogen and oxygen atoms in total. The van der Waals surface area contributed by atoms with Gasteiger partial charge in [-0.05, 0) is 24.3 Å². The quantitative estimate of drug-likeness (QED) is 0.716. The number of rotatable bonds is 2. The first-order chi connectivity index (χ1) is 10.8. The minimum atomic E-state index is -0.00556. The van der Waals surface area contributed by atoms with Crippen molar-refractivity contribution in [2.45, 2.75) is 0 Å². The summed E-state index contributed by atoms with van der Waals surface area (Å²) in [4.78, 5) is 16.7. The van der Waals surface area contributed by atoms with Crippen molar-refractivity contribution in [1.82, 2.24) is 19.9 Å². The SMILES string of the molecule is N#Cc1nc(-c2cccnc2)c(-c2cccnc2)nc1C#N. The first-order valence-corrected chi connectivity index (χ1v) is 6.36. The van der Waals surface area contributed by atoms with E-state index in [9.17, 15) is 0 Å². The van der Waals surface area contributed by atoms with Crippen molar-refractivity contribution < 1.29 is 0 Å². The van der Waals surface area contributed by atoms with Crippen LogP contribution in [-0.4, -0.2) is 19.9 Å². The molecule has 3 heterocycles. The fourth-order valence-electron chi connectivity index (χ4n) is 2.00. The van der Waals surface area contributed by atoms with Gasteiger partial charge in [0, 0.05) is 35.9 Å². The zero-order valence-corrected chi connectivity index (χ0v) is 11.3. The van der Waals surface area contributed by atoms with Gasteiger partial charge in [0.25, 0.3) is 0 Å². The molecule has 0 unspecified atom stereocenters. The smallest absolute Gasteiger partial charge is 0.177 e. The summed E-state index contributed by atoms with van der Waals surface area (Å²) in [6.07, 6.45) is 6.57. The first-order valence-electron chi connectivity index (χ1n) is 6.36. The molecule has 0 aliphatic rings. The molecule has 3 aromatic rings. The maximum atomic E-state index is 9.15. The third-order valence-electron chi connectivity index (χ3n) is 2.98. The summed E-state index contributed by atoms with van der Waals surface area (Å²) in [5.41, 5.74) is 2.42. The molecule has 0 bridgehead atoms. The Labute approximate surface area is 126 Å². The lowest BCUT2D eigenvalue weighted by Gasteiger charge is -2.09. The lowest BCUT2D eigenvalue weighted by molar-refractivity contribution is 1.13. The monoisotopic (exact) mass is 284 g/mol. The van der Waals surface area contributed by atoms with Gasteiger partial charge in [-0.2, -0.15) is 10.5 Å². The van der Waals surface area contributed by atoms with Crippen molar-refractivity contribution in [3.8, 4) is 34.7 Å². The predicted molar refractivity (Wildman–Crippen MR) is 77.9 cm³/mol. The third-order valence-corrected chi connectivity index (χ3v) is 2.98. The van der Waals surface area contributed by atoms with E-state index in [1.807, 2.05) is 24.3 Å². The molecule has 3 rings (SSSR count). The van der Waals surface area contributed by atoms with Crippen molar-refractivity contribution in [2.75, 3.05) is 0 Å². The summed E-state index contributed by atoms with van der Waals surface area (Å²) in [5, 5.41) is 18.3. The van der Waals surface area contributed by atoms with Gasteiger partial charge in [0.1, 0.15) is 12.1 Å². The summed E-state index contributed by atoms with van der Waals surface area (Å²) in [7, 11) is 0. The molecule has 102 valence electrons. The highest BCUT2D eigenvalue weighted by atomic mass is 14.9. The van der Waals surface area contributed by atoms with E-state index < -0.39 is 0 Å². The first kappa shape index (κ1) is 13.3. The maximum absolute atomic E-state index is 9.15. The molecule has 3 aromatic heterocycles. The second kappa shape index (κ2) is 5.78. The highest BCUT2D eigenvalue weighted by Gasteiger charge is 2.16. The molecular weight excluding hydrogens is 276 g/mol. The molecule has 0 aliphatic carbocycles. The average molecular weight is 284 g/mol. The maximum Gasteiger partial charge on any atom is 0.177 e. The molecule has 0 aromatic carbocycles. The van der Waals surface area contributed by atoms with Crippen LogP contribution in [0.3, 0.4) is 0 Å². The Hall–Kier alpha value is -3.64. The van der Waals surface area contributed by atoms with Gasteiger partial charge in [-0.25, -0.2) is 9.97 Å². The lowest BCUT2D eigenvalue weighted by atomic mass is 10.1. The van der Waals surface area contributed by atoms with E-state index in [0.29, 0.717) is 11.4 Å². The molecule has 0 saturated carbocycles. The topological polar surface area (TPSA) is 99.1 Å². The van der Waals surface area contributed by atoms with Crippen LogP contribution in [0.2, 0.25) is 0 Å². The second-order valence-electron chi connectivity index (χ2n) is 4.33. The zero-order chi connectivity index (χ0) is 15.4. The summed E-state index contributed by atoms with van der Waals surface area (Å²) in [6, 6.07) is 11.0. The second-order valence-corrected chi connectivity index (χ2v) is 4.33. The van der Waals surface area contributed by atoms with Crippen LogP contribution < -0.4 is 0 Å². The molecule has 0 saturated heterocycles. The molecule has 0 N–H and O–H groups in total. The van der Waals surface area contributed by atoms with E-state index in [1.54, 1.807) is 36.9 Å². The van der Waals surface area contributed by atoms with Gasteiger partial charge >= 0.3 is 0 Å². The fraction of sp³-hybridized carbons (Fsp3) is 0. The minimum absolute atomic E-state index is 0.00556. The summed E-state index contributed by atoms with van der Waals surface area (Å²) in [6.45, 7) is 0. The van der Waals surface area contributed by atoms with Crippen LogP contribution in [0.25, 0.3) is 22.5 Å². The predicted octanol–water partition coefficient (Wildman–Crippen LogP) is 2.34. The summed E-state index contributed by atoms with van der Waals surface area (Å²) < 4.78 is 0. The standard InChI is InChI=1S/C16H8N6/c17-7-13-14(8-18)22-16(12-4-2-6-20-10-12)15(21-13)11-3-1-5-19-9-11/h1-6,9-10H. The molecular formula is C16H8N6. The molecule has 0 fully saturated rings. The molecule has 22 heavy (non-hydrogen) atoms. The van der Waals surface area contributed by atoms with Crippen LogP contribution >= 0.6 is 0 Å². The fourth-order valence-corrected chi connectivity index (χ4v) is 2.00. The van der Waals surface area contributed by atoms with E-state index in [0.717, 1.165) is 11.1 Å². The number of hydrogen-bond donors (Lipinski definition) is 0. The highest BCUT2D eigenvalue weighted by Crippen LogP contribution is 2.28. The molecule has 0 amide bonds. The van der Waals surface area contributed by atoms with Gasteiger partial charge in [0.2, 0.25) is 0 Å². The molecule has 6 heteroatoms. The van der Waals surface area contributed by atoms with Crippen molar-refractivity contribution >= 4 is 0 Å². The zero-order valence-electron chi connectivity index (χ0n) is 11.3. The molecule has 0 spiro atoms. The Kier molecular flexibility index (Phi) is 3.51. The Morgan fingerprint density at radius 2 is 1.18 bits per heavy atom. The van der Waals surface area contributed by atoms with Gasteiger partial charge < -0.3 is 0 Å². The van der Waals surface area contributed by atoms with Gasteiger partial charge in [-0.3, -0.25) is 9.97 Å². The largest absolute Gasteiger partial charge is 0.264 e. The summed E-state index contributed by atoms with van der Waals surface area (Å²) >= 11 is 0. The van der Waals surface area contributed by atoms with Gasteiger partial charge in [0.05, 0.1) is 11.4 Å². The Bertz CT molecular complexity index is 815. The lowest BCUT2D eigenvalue weighted by Crippen LogP contribution is -2.01. The highest BCUT2D eigenvalue weighted by molar-refractivity contribution is 5.77. The van der Waals surface area contributed by atoms with Gasteiger partial charge in [-0.1, -0.05) is 0 Å². The van der Waals surface area contributed by atoms with Gasteiger partial charge in [0.15, 0.2) is 11.4 Å². The van der Waals surface area contributed by atoms with E-state index in [4.69, 9.17) is 10.5 Å².